The molecule has 0 atom stereocenters. The maximum absolute atomic E-state index is 9.97. The average molecular weight is 365 g/mol. The molecule has 0 aliphatic rings. The second-order valence-electron chi connectivity index (χ2n) is 4.02. The number of carboxylic acid groups (broad SMARTS) is 1. The number of furan rings is 1. The monoisotopic (exact) mass is 366 g/mol. The van der Waals surface area contributed by atoms with Gasteiger partial charge in [-0.05, 0) is 12.1 Å². The number of carboxylic acids is 1. The van der Waals surface area contributed by atoms with Gasteiger partial charge in [0.05, 0.1) is 6.26 Å². The molecule has 2 aromatic rings. The van der Waals surface area contributed by atoms with Crippen molar-refractivity contribution in [2.45, 2.75) is 24.7 Å². The molecule has 1 N–H and O–H groups in total. The van der Waals surface area contributed by atoms with E-state index in [0.717, 1.165) is 0 Å². The summed E-state index contributed by atoms with van der Waals surface area (Å²) in [4.78, 5) is 9.97. The fraction of sp³-hybridized carbons (Fsp3) is 0.267. The van der Waals surface area contributed by atoms with Crippen LogP contribution in [0.15, 0.2) is 47.1 Å². The van der Waals surface area contributed by atoms with E-state index >= 15 is 0 Å². The normalized spacial score (nSPS) is 9.58. The summed E-state index contributed by atoms with van der Waals surface area (Å²) in [6.07, 6.45) is 2.68. The summed E-state index contributed by atoms with van der Waals surface area (Å²) in [5, 5.41) is 8.18. The number of benzene rings is 1. The van der Waals surface area contributed by atoms with Crippen LogP contribution in [0.3, 0.4) is 0 Å². The van der Waals surface area contributed by atoms with E-state index in [2.05, 4.69) is 42.5 Å². The SMILES string of the molecule is CC[CH2][Sn][c]1ccccc1C.O=C(O)c1ccco1. The van der Waals surface area contributed by atoms with E-state index in [1.807, 2.05) is 0 Å². The molecule has 3 nitrogen and oxygen atoms in total. The number of rotatable bonds is 4. The van der Waals surface area contributed by atoms with E-state index in [1.54, 1.807) is 3.58 Å². The molecule has 0 saturated carbocycles. The van der Waals surface area contributed by atoms with Gasteiger partial charge in [-0.1, -0.05) is 0 Å². The molecule has 0 fully saturated rings. The number of hydrogen-bond donors (Lipinski definition) is 1. The standard InChI is InChI=1S/C7H7.C5H4O3.C3H7.Sn/c1-7-5-3-2-4-6-7;6-5(7)4-2-1-3-8-4;1-3-2;/h2-5H,1H3;1-3H,(H,6,7);1,3H2,2H3;. The maximum Gasteiger partial charge on any atom is 0.371 e. The van der Waals surface area contributed by atoms with Crippen molar-refractivity contribution in [3.8, 4) is 0 Å². The van der Waals surface area contributed by atoms with Crippen molar-refractivity contribution < 1.29 is 14.3 Å². The zero-order chi connectivity index (χ0) is 14.1. The van der Waals surface area contributed by atoms with Crippen LogP contribution in [0.1, 0.15) is 29.5 Å². The van der Waals surface area contributed by atoms with Gasteiger partial charge in [-0.15, -0.1) is 0 Å². The molecule has 0 unspecified atom stereocenters. The Morgan fingerprint density at radius 1 is 1.26 bits per heavy atom. The molecule has 0 aliphatic heterocycles. The van der Waals surface area contributed by atoms with Crippen LogP contribution in [0.4, 0.5) is 0 Å². The van der Waals surface area contributed by atoms with Crippen LogP contribution in [-0.2, 0) is 0 Å². The predicted octanol–water partition coefficient (Wildman–Crippen LogP) is 3.13. The first-order valence-electron chi connectivity index (χ1n) is 6.21. The Balaban J connectivity index is 0.000000200. The Labute approximate surface area is 123 Å². The predicted molar refractivity (Wildman–Crippen MR) is 77.3 cm³/mol. The number of hydrogen-bond acceptors (Lipinski definition) is 2. The summed E-state index contributed by atoms with van der Waals surface area (Å²) in [5.74, 6) is -1.06. The zero-order valence-electron chi connectivity index (χ0n) is 11.2. The minimum Gasteiger partial charge on any atom is -0.475 e. The number of aromatic carboxylic acids is 1. The van der Waals surface area contributed by atoms with E-state index in [9.17, 15) is 4.79 Å². The van der Waals surface area contributed by atoms with Crippen LogP contribution in [0.5, 0.6) is 0 Å². The molecule has 1 aromatic carbocycles. The minimum absolute atomic E-state index is 0.0231. The molecular formula is C15H18O3Sn. The Hall–Kier alpha value is -1.23. The summed E-state index contributed by atoms with van der Waals surface area (Å²) in [7, 11) is 0. The van der Waals surface area contributed by atoms with E-state index in [1.165, 1.54) is 34.8 Å². The minimum atomic E-state index is -1.03. The first kappa shape index (κ1) is 15.8. The zero-order valence-corrected chi connectivity index (χ0v) is 14.1. The third kappa shape index (κ3) is 5.96. The fourth-order valence-corrected chi connectivity index (χ4v) is 4.56. The van der Waals surface area contributed by atoms with Gasteiger partial charge in [0.15, 0.2) is 0 Å². The molecule has 1 heterocycles. The van der Waals surface area contributed by atoms with Gasteiger partial charge in [0.2, 0.25) is 5.76 Å². The Morgan fingerprint density at radius 3 is 2.47 bits per heavy atom. The van der Waals surface area contributed by atoms with Crippen LogP contribution in [-0.4, -0.2) is 32.2 Å². The Kier molecular flexibility index (Phi) is 7.33. The molecule has 0 spiro atoms. The second kappa shape index (κ2) is 8.80. The van der Waals surface area contributed by atoms with Gasteiger partial charge in [-0.25, -0.2) is 4.79 Å². The van der Waals surface area contributed by atoms with Crippen molar-refractivity contribution in [3.63, 3.8) is 0 Å². The Bertz CT molecular complexity index is 492. The van der Waals surface area contributed by atoms with Crippen molar-refractivity contribution in [3.05, 3.63) is 54.0 Å². The molecule has 100 valence electrons. The molecule has 0 aliphatic carbocycles. The van der Waals surface area contributed by atoms with Gasteiger partial charge in [0.1, 0.15) is 0 Å². The van der Waals surface area contributed by atoms with E-state index < -0.39 is 5.97 Å². The van der Waals surface area contributed by atoms with Gasteiger partial charge in [-0.3, -0.25) is 0 Å². The smallest absolute Gasteiger partial charge is 0.371 e. The van der Waals surface area contributed by atoms with Crippen LogP contribution in [0.2, 0.25) is 4.44 Å². The van der Waals surface area contributed by atoms with Gasteiger partial charge in [0, 0.05) is 0 Å². The van der Waals surface area contributed by atoms with Crippen LogP contribution < -0.4 is 3.58 Å². The molecule has 0 saturated heterocycles. The summed E-state index contributed by atoms with van der Waals surface area (Å²) in [6.45, 7) is 4.50. The van der Waals surface area contributed by atoms with E-state index in [-0.39, 0.29) is 26.9 Å². The van der Waals surface area contributed by atoms with Gasteiger partial charge >= 0.3 is 85.2 Å². The topological polar surface area (TPSA) is 50.4 Å². The number of aryl methyl sites for hydroxylation is 1. The van der Waals surface area contributed by atoms with Gasteiger partial charge < -0.3 is 9.52 Å². The van der Waals surface area contributed by atoms with Crippen molar-refractivity contribution in [1.82, 2.24) is 0 Å². The molecular weight excluding hydrogens is 347 g/mol. The van der Waals surface area contributed by atoms with Crippen molar-refractivity contribution in [2.75, 3.05) is 0 Å². The molecule has 1 aromatic heterocycles. The van der Waals surface area contributed by atoms with Gasteiger partial charge in [-0.2, -0.15) is 0 Å². The summed E-state index contributed by atoms with van der Waals surface area (Å²) in [6, 6.07) is 11.7. The third-order valence-corrected chi connectivity index (χ3v) is 7.27. The van der Waals surface area contributed by atoms with E-state index in [4.69, 9.17) is 5.11 Å². The first-order valence-corrected chi connectivity index (χ1v) is 9.66. The second-order valence-corrected chi connectivity index (χ2v) is 8.00. The maximum atomic E-state index is 9.97. The van der Waals surface area contributed by atoms with Crippen LogP contribution in [0.25, 0.3) is 0 Å². The van der Waals surface area contributed by atoms with Crippen LogP contribution >= 0.6 is 0 Å². The summed E-state index contributed by atoms with van der Waals surface area (Å²) in [5.41, 5.74) is 1.51. The molecule has 2 rings (SSSR count). The molecule has 19 heavy (non-hydrogen) atoms. The Morgan fingerprint density at radius 2 is 2.00 bits per heavy atom. The van der Waals surface area contributed by atoms with Crippen molar-refractivity contribution in [1.29, 1.82) is 0 Å². The molecule has 2 radical (unpaired) electrons. The van der Waals surface area contributed by atoms with Crippen molar-refractivity contribution >= 4 is 30.7 Å². The molecule has 0 amide bonds. The average Bonchev–Trinajstić information content (AvgIpc) is 2.93. The van der Waals surface area contributed by atoms with E-state index in [0.29, 0.717) is 0 Å². The van der Waals surface area contributed by atoms with Gasteiger partial charge in [0.25, 0.3) is 0 Å². The molecule has 4 heteroatoms. The summed E-state index contributed by atoms with van der Waals surface area (Å²) >= 11 is -0.205. The van der Waals surface area contributed by atoms with Crippen LogP contribution in [0, 0.1) is 6.92 Å². The first-order chi connectivity index (χ1) is 9.15. The third-order valence-electron chi connectivity index (χ3n) is 2.44. The van der Waals surface area contributed by atoms with Crippen molar-refractivity contribution in [2.24, 2.45) is 0 Å². The number of carbonyl (C=O) groups is 1. The largest absolute Gasteiger partial charge is 0.475 e. The summed E-state index contributed by atoms with van der Waals surface area (Å²) < 4.78 is 7.65. The molecule has 0 bridgehead atoms. The quantitative estimate of drug-likeness (QED) is 0.848. The fourth-order valence-electron chi connectivity index (χ4n) is 1.43.